The molecule has 2 fully saturated rings. The number of fused-ring (bicyclic) bond motifs is 4. The van der Waals surface area contributed by atoms with Crippen LogP contribution >= 0.6 is 0 Å². The van der Waals surface area contributed by atoms with Crippen LogP contribution in [0.15, 0.2) is 27.8 Å². The third kappa shape index (κ3) is 5.80. The summed E-state index contributed by atoms with van der Waals surface area (Å²) in [4.78, 5) is 43.9. The molecule has 4 rings (SSSR count). The molecule has 0 amide bonds. The molecule has 10 heteroatoms. The van der Waals surface area contributed by atoms with Crippen LogP contribution in [0, 0.1) is 51.2 Å². The monoisotopic (exact) mass is 657 g/mol. The highest BCUT2D eigenvalue weighted by atomic mass is 16.4. The lowest BCUT2D eigenvalue weighted by molar-refractivity contribution is -0.154. The minimum Gasteiger partial charge on any atom is -0.478 e. The molecule has 0 heterocycles. The minimum absolute atomic E-state index is 0.0133. The summed E-state index contributed by atoms with van der Waals surface area (Å²) in [5, 5.41) is 45.5. The Bertz CT molecular complexity index is 1370. The van der Waals surface area contributed by atoms with E-state index in [0.29, 0.717) is 30.4 Å². The fraction of sp³-hybridized carbons (Fsp3) is 0.784. The molecule has 0 aromatic heterocycles. The summed E-state index contributed by atoms with van der Waals surface area (Å²) in [5.41, 5.74) is 9.49. The van der Waals surface area contributed by atoms with Crippen molar-refractivity contribution in [1.29, 1.82) is 0 Å². The molecular weight excluding hydrogens is 598 g/mol. The number of carboxylic acids is 1. The number of rotatable bonds is 11. The van der Waals surface area contributed by atoms with Crippen molar-refractivity contribution in [2.24, 2.45) is 67.7 Å². The number of aliphatic hydroxyl groups excluding tert-OH is 3. The van der Waals surface area contributed by atoms with Crippen molar-refractivity contribution in [3.63, 3.8) is 0 Å². The molecule has 0 bridgehead atoms. The summed E-state index contributed by atoms with van der Waals surface area (Å²) in [6.07, 6.45) is 3.22. The van der Waals surface area contributed by atoms with Gasteiger partial charge in [0, 0.05) is 52.7 Å². The van der Waals surface area contributed by atoms with Gasteiger partial charge >= 0.3 is 5.97 Å². The van der Waals surface area contributed by atoms with Crippen molar-refractivity contribution in [3.05, 3.63) is 22.8 Å². The molecule has 2 saturated carbocycles. The Hall–Kier alpha value is -2.56. The SMILES string of the molecule is CCCCC[C@H]1[C@@H]2C(C)(C)C(=O)CC[C@]2(C)C2=C([C@@H]1O)[C@]1(C)[C@@H](O)C[C@H]([C@H](C)[C@H](CN=C(N)N)[C@H](O)/C=C(\C)C(=O)O)[C@@]1(C)CC2=O. The average molecular weight is 658 g/mol. The summed E-state index contributed by atoms with van der Waals surface area (Å²) in [5.74, 6) is -2.90. The van der Waals surface area contributed by atoms with Gasteiger partial charge in [-0.25, -0.2) is 4.79 Å². The highest BCUT2D eigenvalue weighted by Crippen LogP contribution is 2.72. The number of Topliss-reactive ketones (excluding diaryl/α,β-unsaturated/α-hetero) is 2. The van der Waals surface area contributed by atoms with Crippen molar-refractivity contribution in [1.82, 2.24) is 0 Å². The fourth-order valence-electron chi connectivity index (χ4n) is 11.0. The van der Waals surface area contributed by atoms with Crippen molar-refractivity contribution in [3.8, 4) is 0 Å². The van der Waals surface area contributed by atoms with Gasteiger partial charge in [-0.05, 0) is 66.9 Å². The van der Waals surface area contributed by atoms with Crippen LogP contribution in [0.3, 0.4) is 0 Å². The number of nitrogens with zero attached hydrogens (tertiary/aromatic N) is 1. The van der Waals surface area contributed by atoms with Gasteiger partial charge in [-0.1, -0.05) is 67.7 Å². The Kier molecular flexibility index (Phi) is 10.3. The normalized spacial score (nSPS) is 38.6. The number of carbonyl (C=O) groups is 3. The first-order valence-corrected chi connectivity index (χ1v) is 17.5. The number of aliphatic carboxylic acids is 1. The summed E-state index contributed by atoms with van der Waals surface area (Å²) < 4.78 is 0. The largest absolute Gasteiger partial charge is 0.478 e. The molecule has 0 aromatic rings. The fourth-order valence-corrected chi connectivity index (χ4v) is 11.0. The predicted octanol–water partition coefficient (Wildman–Crippen LogP) is 4.15. The van der Waals surface area contributed by atoms with E-state index in [-0.39, 0.29) is 59.7 Å². The molecule has 47 heavy (non-hydrogen) atoms. The maximum Gasteiger partial charge on any atom is 0.331 e. The highest BCUT2D eigenvalue weighted by Gasteiger charge is 2.71. The Morgan fingerprint density at radius 1 is 1.11 bits per heavy atom. The van der Waals surface area contributed by atoms with Gasteiger partial charge in [-0.3, -0.25) is 14.6 Å². The molecule has 0 saturated heterocycles. The first-order valence-electron chi connectivity index (χ1n) is 17.5. The van der Waals surface area contributed by atoms with Crippen LogP contribution in [0.1, 0.15) is 107 Å². The van der Waals surface area contributed by atoms with Crippen LogP contribution in [0.5, 0.6) is 0 Å². The van der Waals surface area contributed by atoms with E-state index in [1.807, 2.05) is 34.6 Å². The molecule has 4 aliphatic rings. The highest BCUT2D eigenvalue weighted by molar-refractivity contribution is 6.01. The van der Waals surface area contributed by atoms with Gasteiger partial charge in [0.05, 0.1) is 18.3 Å². The lowest BCUT2D eigenvalue weighted by Crippen LogP contribution is -2.63. The molecule has 10 nitrogen and oxygen atoms in total. The van der Waals surface area contributed by atoms with E-state index in [4.69, 9.17) is 11.5 Å². The van der Waals surface area contributed by atoms with Crippen LogP contribution in [0.4, 0.5) is 0 Å². The number of aliphatic hydroxyl groups is 3. The predicted molar refractivity (Wildman–Crippen MR) is 181 cm³/mol. The number of allylic oxidation sites excluding steroid dienone is 1. The minimum atomic E-state index is -1.20. The molecule has 264 valence electrons. The number of carbonyl (C=O) groups excluding carboxylic acids is 2. The van der Waals surface area contributed by atoms with E-state index >= 15 is 0 Å². The lowest BCUT2D eigenvalue weighted by Gasteiger charge is -2.63. The summed E-state index contributed by atoms with van der Waals surface area (Å²) in [7, 11) is 0. The van der Waals surface area contributed by atoms with Gasteiger partial charge in [0.1, 0.15) is 5.78 Å². The zero-order valence-corrected chi connectivity index (χ0v) is 29.7. The van der Waals surface area contributed by atoms with E-state index in [9.17, 15) is 34.8 Å². The standard InChI is InChI=1S/C37H59N3O7/c1-9-10-11-12-21-30(45)29-28(35(6)14-13-26(43)34(4,5)31(21)35)25(42)17-36(7)23(16-27(44)37(29,36)8)20(3)22(18-40-33(38)39)24(41)15-19(2)32(46)47/h15,20-24,27,30-31,41,44-45H,9-14,16-18H2,1-8H3,(H,46,47)(H4,38,39,40)/b19-15+/t20-,21-,22+,23-,24-,27+,30-,31-,35-,36-,37+/m1/s1. The number of carboxylic acid groups (broad SMARTS) is 1. The molecule has 0 spiro atoms. The van der Waals surface area contributed by atoms with E-state index in [0.717, 1.165) is 25.7 Å². The zero-order chi connectivity index (χ0) is 35.4. The molecule has 4 aliphatic carbocycles. The molecular formula is C37H59N3O7. The number of hydrogen-bond donors (Lipinski definition) is 6. The van der Waals surface area contributed by atoms with Crippen LogP contribution in [0.2, 0.25) is 0 Å². The Morgan fingerprint density at radius 3 is 2.32 bits per heavy atom. The number of unbranched alkanes of at least 4 members (excludes halogenated alkanes) is 2. The van der Waals surface area contributed by atoms with E-state index in [1.54, 1.807) is 0 Å². The lowest BCUT2D eigenvalue weighted by atomic mass is 9.40. The van der Waals surface area contributed by atoms with Crippen molar-refractivity contribution in [2.75, 3.05) is 6.54 Å². The van der Waals surface area contributed by atoms with Gasteiger partial charge in [0.2, 0.25) is 0 Å². The van der Waals surface area contributed by atoms with E-state index in [2.05, 4.69) is 18.8 Å². The third-order valence-electron chi connectivity index (χ3n) is 13.7. The van der Waals surface area contributed by atoms with Gasteiger partial charge in [0.25, 0.3) is 0 Å². The third-order valence-corrected chi connectivity index (χ3v) is 13.7. The van der Waals surface area contributed by atoms with E-state index in [1.165, 1.54) is 13.0 Å². The van der Waals surface area contributed by atoms with Crippen molar-refractivity contribution >= 4 is 23.5 Å². The topological polar surface area (TPSA) is 197 Å². The molecule has 0 aliphatic heterocycles. The van der Waals surface area contributed by atoms with Gasteiger partial charge < -0.3 is 31.9 Å². The molecule has 11 atom stereocenters. The molecule has 0 unspecified atom stereocenters. The van der Waals surface area contributed by atoms with Crippen LogP contribution < -0.4 is 11.5 Å². The van der Waals surface area contributed by atoms with Gasteiger partial charge in [0.15, 0.2) is 11.7 Å². The van der Waals surface area contributed by atoms with Crippen LogP contribution in [-0.2, 0) is 14.4 Å². The number of ketones is 2. The second-order valence-electron chi connectivity index (χ2n) is 16.4. The smallest absolute Gasteiger partial charge is 0.331 e. The van der Waals surface area contributed by atoms with Crippen molar-refractivity contribution < 1.29 is 34.8 Å². The number of nitrogens with two attached hydrogens (primary N) is 2. The van der Waals surface area contributed by atoms with E-state index < -0.39 is 51.9 Å². The molecule has 0 aromatic carbocycles. The second kappa shape index (κ2) is 13.0. The zero-order valence-electron chi connectivity index (χ0n) is 29.7. The van der Waals surface area contributed by atoms with Crippen LogP contribution in [-0.4, -0.2) is 68.8 Å². The van der Waals surface area contributed by atoms with Crippen molar-refractivity contribution in [2.45, 2.75) is 125 Å². The Morgan fingerprint density at radius 2 is 1.74 bits per heavy atom. The van der Waals surface area contributed by atoms with Gasteiger partial charge in [-0.2, -0.15) is 0 Å². The van der Waals surface area contributed by atoms with Crippen LogP contribution in [0.25, 0.3) is 0 Å². The first kappa shape index (κ1) is 37.3. The maximum atomic E-state index is 14.7. The summed E-state index contributed by atoms with van der Waals surface area (Å²) >= 11 is 0. The number of aliphatic imine (C=N–C) groups is 1. The number of guanidine groups is 1. The maximum absolute atomic E-state index is 14.7. The summed E-state index contributed by atoms with van der Waals surface area (Å²) in [6, 6.07) is 0. The quantitative estimate of drug-likeness (QED) is 0.0818. The summed E-state index contributed by atoms with van der Waals surface area (Å²) in [6.45, 7) is 15.6. The number of hydrogen-bond acceptors (Lipinski definition) is 7. The Balaban J connectivity index is 1.88. The average Bonchev–Trinajstić information content (AvgIpc) is 3.17. The second-order valence-corrected chi connectivity index (χ2v) is 16.4. The Labute approximate surface area is 280 Å². The molecule has 0 radical (unpaired) electrons. The molecule has 8 N–H and O–H groups in total. The first-order chi connectivity index (χ1) is 21.7. The van der Waals surface area contributed by atoms with Gasteiger partial charge in [-0.15, -0.1) is 0 Å².